The fourth-order valence-electron chi connectivity index (χ4n) is 1.88. The van der Waals surface area contributed by atoms with Crippen molar-refractivity contribution in [3.63, 3.8) is 0 Å². The van der Waals surface area contributed by atoms with E-state index in [1.165, 1.54) is 11.1 Å². The van der Waals surface area contributed by atoms with Gasteiger partial charge in [0.2, 0.25) is 0 Å². The van der Waals surface area contributed by atoms with Crippen LogP contribution in [0.2, 0.25) is 0 Å². The van der Waals surface area contributed by atoms with E-state index in [0.717, 1.165) is 38.3 Å². The molecule has 102 valence electrons. The molecule has 1 aromatic heterocycles. The smallest absolute Gasteiger partial charge is 0.119 e. The summed E-state index contributed by atoms with van der Waals surface area (Å²) in [4.78, 5) is 0. The van der Waals surface area contributed by atoms with Crippen molar-refractivity contribution in [1.29, 1.82) is 0 Å². The van der Waals surface area contributed by atoms with Crippen molar-refractivity contribution in [3.05, 3.63) is 52.2 Å². The maximum atomic E-state index is 5.80. The summed E-state index contributed by atoms with van der Waals surface area (Å²) < 4.78 is 5.80. The lowest BCUT2D eigenvalue weighted by Crippen LogP contribution is -2.13. The Labute approximate surface area is 119 Å². The molecule has 0 saturated heterocycles. The highest BCUT2D eigenvalue weighted by Gasteiger charge is 1.98. The summed E-state index contributed by atoms with van der Waals surface area (Å²) in [5, 5.41) is 7.68. The molecule has 3 heteroatoms. The maximum Gasteiger partial charge on any atom is 0.119 e. The van der Waals surface area contributed by atoms with Crippen molar-refractivity contribution in [3.8, 4) is 5.75 Å². The predicted molar refractivity (Wildman–Crippen MR) is 82.0 cm³/mol. The molecular weight excluding hydrogens is 254 g/mol. The highest BCUT2D eigenvalue weighted by Crippen LogP contribution is 2.14. The second-order valence-corrected chi connectivity index (χ2v) is 5.33. The Morgan fingerprint density at radius 3 is 2.95 bits per heavy atom. The molecule has 0 spiro atoms. The molecule has 0 amide bonds. The van der Waals surface area contributed by atoms with Crippen LogP contribution < -0.4 is 10.1 Å². The summed E-state index contributed by atoms with van der Waals surface area (Å²) in [6, 6.07) is 10.5. The molecular formula is C16H21NOS. The molecule has 0 aliphatic rings. The first-order valence-electron chi connectivity index (χ1n) is 6.82. The normalized spacial score (nSPS) is 10.6. The van der Waals surface area contributed by atoms with Gasteiger partial charge in [0.05, 0.1) is 6.61 Å². The van der Waals surface area contributed by atoms with Crippen molar-refractivity contribution < 1.29 is 4.74 Å². The van der Waals surface area contributed by atoms with Crippen LogP contribution in [-0.4, -0.2) is 13.2 Å². The number of ether oxygens (including phenoxy) is 1. The van der Waals surface area contributed by atoms with E-state index in [4.69, 9.17) is 4.74 Å². The van der Waals surface area contributed by atoms with Gasteiger partial charge in [-0.05, 0) is 53.1 Å². The molecule has 0 aliphatic heterocycles. The minimum atomic E-state index is 0.739. The summed E-state index contributed by atoms with van der Waals surface area (Å²) in [6.07, 6.45) is 2.14. The van der Waals surface area contributed by atoms with Gasteiger partial charge in [0.15, 0.2) is 0 Å². The first-order chi connectivity index (χ1) is 9.38. The highest BCUT2D eigenvalue weighted by atomic mass is 32.1. The number of nitrogens with one attached hydrogen (secondary N) is 1. The Bertz CT molecular complexity index is 467. The zero-order valence-electron chi connectivity index (χ0n) is 11.4. The third-order valence-electron chi connectivity index (χ3n) is 2.89. The van der Waals surface area contributed by atoms with E-state index in [0.29, 0.717) is 0 Å². The molecule has 0 unspecified atom stereocenters. The highest BCUT2D eigenvalue weighted by molar-refractivity contribution is 7.07. The van der Waals surface area contributed by atoms with Crippen LogP contribution in [-0.2, 0) is 13.0 Å². The summed E-state index contributed by atoms with van der Waals surface area (Å²) in [6.45, 7) is 4.89. The monoisotopic (exact) mass is 275 g/mol. The van der Waals surface area contributed by atoms with Crippen LogP contribution in [0.5, 0.6) is 5.75 Å². The minimum absolute atomic E-state index is 0.739. The Morgan fingerprint density at radius 1 is 1.21 bits per heavy atom. The van der Waals surface area contributed by atoms with Crippen LogP contribution in [0.1, 0.15) is 24.5 Å². The van der Waals surface area contributed by atoms with Crippen molar-refractivity contribution in [1.82, 2.24) is 5.32 Å². The number of rotatable bonds is 8. The molecule has 1 N–H and O–H groups in total. The molecule has 19 heavy (non-hydrogen) atoms. The standard InChI is InChI=1S/C16H21NOS/c1-2-8-17-12-15-4-3-5-16(11-15)18-9-6-14-7-10-19-13-14/h3-5,7,10-11,13,17H,2,6,8-9,12H2,1H3. The van der Waals surface area contributed by atoms with Gasteiger partial charge in [-0.3, -0.25) is 0 Å². The lowest BCUT2D eigenvalue weighted by atomic mass is 10.2. The zero-order valence-corrected chi connectivity index (χ0v) is 12.2. The van der Waals surface area contributed by atoms with E-state index in [-0.39, 0.29) is 0 Å². The van der Waals surface area contributed by atoms with E-state index in [9.17, 15) is 0 Å². The first kappa shape index (κ1) is 14.1. The fraction of sp³-hybridized carbons (Fsp3) is 0.375. The Hall–Kier alpha value is -1.32. The number of benzene rings is 1. The van der Waals surface area contributed by atoms with Gasteiger partial charge in [-0.1, -0.05) is 19.1 Å². The number of hydrogen-bond acceptors (Lipinski definition) is 3. The van der Waals surface area contributed by atoms with Crippen LogP contribution >= 0.6 is 11.3 Å². The lowest BCUT2D eigenvalue weighted by Gasteiger charge is -2.08. The van der Waals surface area contributed by atoms with Gasteiger partial charge in [-0.25, -0.2) is 0 Å². The second-order valence-electron chi connectivity index (χ2n) is 4.55. The molecule has 0 radical (unpaired) electrons. The average Bonchev–Trinajstić information content (AvgIpc) is 2.93. The summed E-state index contributed by atoms with van der Waals surface area (Å²) in [5.74, 6) is 0.964. The van der Waals surface area contributed by atoms with Gasteiger partial charge in [0.1, 0.15) is 5.75 Å². The van der Waals surface area contributed by atoms with E-state index >= 15 is 0 Å². The molecule has 2 aromatic rings. The maximum absolute atomic E-state index is 5.80. The second kappa shape index (κ2) is 7.97. The van der Waals surface area contributed by atoms with Crippen molar-refractivity contribution in [2.45, 2.75) is 26.3 Å². The van der Waals surface area contributed by atoms with Crippen LogP contribution in [0, 0.1) is 0 Å². The zero-order chi connectivity index (χ0) is 13.3. The molecule has 1 aromatic carbocycles. The SMILES string of the molecule is CCCNCc1cccc(OCCc2ccsc2)c1. The Morgan fingerprint density at radius 2 is 2.16 bits per heavy atom. The molecule has 1 heterocycles. The van der Waals surface area contributed by atoms with Crippen LogP contribution in [0.15, 0.2) is 41.1 Å². The average molecular weight is 275 g/mol. The largest absolute Gasteiger partial charge is 0.493 e. The van der Waals surface area contributed by atoms with Gasteiger partial charge in [0, 0.05) is 13.0 Å². The van der Waals surface area contributed by atoms with Gasteiger partial charge in [-0.2, -0.15) is 11.3 Å². The molecule has 0 aliphatic carbocycles. The predicted octanol–water partition coefficient (Wildman–Crippen LogP) is 3.87. The Kier molecular flexibility index (Phi) is 5.92. The van der Waals surface area contributed by atoms with Crippen LogP contribution in [0.3, 0.4) is 0 Å². The van der Waals surface area contributed by atoms with Crippen molar-refractivity contribution >= 4 is 11.3 Å². The Balaban J connectivity index is 1.78. The molecule has 2 nitrogen and oxygen atoms in total. The lowest BCUT2D eigenvalue weighted by molar-refractivity contribution is 0.321. The third kappa shape index (κ3) is 5.05. The molecule has 0 bridgehead atoms. The molecule has 0 atom stereocenters. The summed E-state index contributed by atoms with van der Waals surface area (Å²) in [7, 11) is 0. The summed E-state index contributed by atoms with van der Waals surface area (Å²) >= 11 is 1.74. The minimum Gasteiger partial charge on any atom is -0.493 e. The van der Waals surface area contributed by atoms with E-state index in [2.05, 4.69) is 47.3 Å². The fourth-order valence-corrected chi connectivity index (χ4v) is 2.58. The quantitative estimate of drug-likeness (QED) is 0.738. The van der Waals surface area contributed by atoms with Crippen molar-refractivity contribution in [2.75, 3.05) is 13.2 Å². The topological polar surface area (TPSA) is 21.3 Å². The van der Waals surface area contributed by atoms with Crippen LogP contribution in [0.25, 0.3) is 0 Å². The van der Waals surface area contributed by atoms with E-state index in [1.54, 1.807) is 11.3 Å². The molecule has 2 rings (SSSR count). The van der Waals surface area contributed by atoms with Gasteiger partial charge in [-0.15, -0.1) is 0 Å². The van der Waals surface area contributed by atoms with E-state index < -0.39 is 0 Å². The van der Waals surface area contributed by atoms with Gasteiger partial charge in [0.25, 0.3) is 0 Å². The van der Waals surface area contributed by atoms with Gasteiger partial charge >= 0.3 is 0 Å². The number of thiophene rings is 1. The van der Waals surface area contributed by atoms with E-state index in [1.807, 2.05) is 6.07 Å². The first-order valence-corrected chi connectivity index (χ1v) is 7.76. The third-order valence-corrected chi connectivity index (χ3v) is 3.63. The van der Waals surface area contributed by atoms with Crippen molar-refractivity contribution in [2.24, 2.45) is 0 Å². The molecule has 0 fully saturated rings. The molecule has 0 saturated carbocycles. The summed E-state index contributed by atoms with van der Waals surface area (Å²) in [5.41, 5.74) is 2.63. The van der Waals surface area contributed by atoms with Gasteiger partial charge < -0.3 is 10.1 Å². The number of hydrogen-bond donors (Lipinski definition) is 1. The van der Waals surface area contributed by atoms with Crippen LogP contribution in [0.4, 0.5) is 0 Å².